The third kappa shape index (κ3) is 3.38. The highest BCUT2D eigenvalue weighted by atomic mass is 16.5. The van der Waals surface area contributed by atoms with Crippen LogP contribution in [0.4, 0.5) is 0 Å². The molecular weight excluding hydrogens is 242 g/mol. The molecule has 1 aromatic rings. The van der Waals surface area contributed by atoms with Crippen molar-refractivity contribution in [3.63, 3.8) is 0 Å². The molecule has 1 unspecified atom stereocenters. The lowest BCUT2D eigenvalue weighted by Crippen LogP contribution is -2.43. The summed E-state index contributed by atoms with van der Waals surface area (Å²) < 4.78 is 10.1. The monoisotopic (exact) mass is 265 g/mol. The van der Waals surface area contributed by atoms with E-state index in [4.69, 9.17) is 4.42 Å². The molecule has 0 aromatic carbocycles. The van der Waals surface area contributed by atoms with E-state index >= 15 is 0 Å². The minimum absolute atomic E-state index is 0.266. The summed E-state index contributed by atoms with van der Waals surface area (Å²) in [6, 6.07) is 4.00. The second-order valence-electron chi connectivity index (χ2n) is 5.93. The molecule has 1 atom stereocenters. The largest absolute Gasteiger partial charge is 0.463 e. The molecule has 1 aliphatic carbocycles. The van der Waals surface area contributed by atoms with E-state index in [1.165, 1.54) is 32.8 Å². The molecule has 1 aliphatic rings. The molecule has 4 heteroatoms. The van der Waals surface area contributed by atoms with Crippen LogP contribution in [0.5, 0.6) is 0 Å². The molecule has 4 nitrogen and oxygen atoms in total. The second kappa shape index (κ2) is 5.78. The summed E-state index contributed by atoms with van der Waals surface area (Å²) in [4.78, 5) is 11.3. The number of carbonyl (C=O) groups excluding carboxylic acids is 1. The molecule has 1 saturated carbocycles. The number of methoxy groups -OCH3 is 1. The maximum atomic E-state index is 11.3. The Bertz CT molecular complexity index is 436. The van der Waals surface area contributed by atoms with Crippen molar-refractivity contribution < 1.29 is 13.9 Å². The van der Waals surface area contributed by atoms with Crippen molar-refractivity contribution in [2.75, 3.05) is 7.11 Å². The van der Waals surface area contributed by atoms with Gasteiger partial charge in [-0.15, -0.1) is 0 Å². The molecule has 1 fully saturated rings. The Morgan fingerprint density at radius 2 is 2.26 bits per heavy atom. The van der Waals surface area contributed by atoms with Gasteiger partial charge in [-0.3, -0.25) is 0 Å². The van der Waals surface area contributed by atoms with Crippen molar-refractivity contribution in [3.05, 3.63) is 23.7 Å². The van der Waals surface area contributed by atoms with Gasteiger partial charge >= 0.3 is 5.97 Å². The third-order valence-electron chi connectivity index (χ3n) is 4.08. The predicted molar refractivity (Wildman–Crippen MR) is 72.9 cm³/mol. The molecule has 19 heavy (non-hydrogen) atoms. The fraction of sp³-hybridized carbons (Fsp3) is 0.667. The first-order valence-electron chi connectivity index (χ1n) is 6.93. The number of furan rings is 1. The number of ether oxygens (including phenoxy) is 1. The Hall–Kier alpha value is -1.29. The zero-order chi connectivity index (χ0) is 13.9. The van der Waals surface area contributed by atoms with Gasteiger partial charge in [0.2, 0.25) is 5.76 Å². The number of hydrogen-bond acceptors (Lipinski definition) is 4. The summed E-state index contributed by atoms with van der Waals surface area (Å²) in [6.45, 7) is 5.28. The van der Waals surface area contributed by atoms with Crippen LogP contribution in [0.2, 0.25) is 0 Å². The van der Waals surface area contributed by atoms with Crippen molar-refractivity contribution >= 4 is 5.97 Å². The second-order valence-corrected chi connectivity index (χ2v) is 5.93. The van der Waals surface area contributed by atoms with Crippen LogP contribution < -0.4 is 5.32 Å². The average Bonchev–Trinajstić information content (AvgIpc) is 2.85. The predicted octanol–water partition coefficient (Wildman–Crippen LogP) is 3.12. The number of carbonyl (C=O) groups is 1. The van der Waals surface area contributed by atoms with Gasteiger partial charge in [-0.2, -0.15) is 0 Å². The van der Waals surface area contributed by atoms with Gasteiger partial charge in [-0.05, 0) is 30.4 Å². The smallest absolute Gasteiger partial charge is 0.373 e. The van der Waals surface area contributed by atoms with Crippen LogP contribution in [0.3, 0.4) is 0 Å². The lowest BCUT2D eigenvalue weighted by Gasteiger charge is -2.39. The third-order valence-corrected chi connectivity index (χ3v) is 4.08. The highest BCUT2D eigenvalue weighted by Gasteiger charge is 2.31. The van der Waals surface area contributed by atoms with E-state index in [0.29, 0.717) is 18.0 Å². The summed E-state index contributed by atoms with van der Waals surface area (Å²) in [5.74, 6) is 0.619. The molecule has 106 valence electrons. The van der Waals surface area contributed by atoms with Gasteiger partial charge in [-0.25, -0.2) is 4.79 Å². The van der Waals surface area contributed by atoms with Gasteiger partial charge < -0.3 is 14.5 Å². The van der Waals surface area contributed by atoms with Crippen LogP contribution in [0.1, 0.15) is 55.8 Å². The van der Waals surface area contributed by atoms with E-state index in [0.717, 1.165) is 5.76 Å². The van der Waals surface area contributed by atoms with Gasteiger partial charge in [0.05, 0.1) is 13.7 Å². The number of hydrogen-bond donors (Lipinski definition) is 1. The average molecular weight is 265 g/mol. The van der Waals surface area contributed by atoms with Crippen LogP contribution in [-0.4, -0.2) is 19.1 Å². The van der Waals surface area contributed by atoms with Crippen molar-refractivity contribution in [3.8, 4) is 0 Å². The molecule has 0 radical (unpaired) electrons. The summed E-state index contributed by atoms with van der Waals surface area (Å²) in [5.41, 5.74) is 0.329. The maximum Gasteiger partial charge on any atom is 0.373 e. The first-order valence-corrected chi connectivity index (χ1v) is 6.93. The standard InChI is InChI=1S/C15H23NO3/c1-15(2)9-5-4-6-13(15)16-10-11-7-8-12(19-11)14(17)18-3/h7-8,13,16H,4-6,9-10H2,1-3H3. The van der Waals surface area contributed by atoms with E-state index in [9.17, 15) is 4.79 Å². The minimum Gasteiger partial charge on any atom is -0.463 e. The van der Waals surface area contributed by atoms with Crippen LogP contribution in [0.25, 0.3) is 0 Å². The SMILES string of the molecule is COC(=O)c1ccc(CNC2CCCCC2(C)C)o1. The Morgan fingerprint density at radius 1 is 1.47 bits per heavy atom. The topological polar surface area (TPSA) is 51.5 Å². The molecule has 0 amide bonds. The molecule has 1 heterocycles. The van der Waals surface area contributed by atoms with Crippen molar-refractivity contribution in [2.45, 2.75) is 52.1 Å². The van der Waals surface area contributed by atoms with E-state index < -0.39 is 5.97 Å². The van der Waals surface area contributed by atoms with E-state index in [-0.39, 0.29) is 5.76 Å². The van der Waals surface area contributed by atoms with Gasteiger partial charge in [0.15, 0.2) is 0 Å². The fourth-order valence-corrected chi connectivity index (χ4v) is 2.78. The molecule has 0 bridgehead atoms. The van der Waals surface area contributed by atoms with Gasteiger partial charge in [-0.1, -0.05) is 26.7 Å². The molecule has 0 spiro atoms. The Kier molecular flexibility index (Phi) is 4.30. The molecular formula is C15H23NO3. The highest BCUT2D eigenvalue weighted by Crippen LogP contribution is 2.35. The van der Waals surface area contributed by atoms with Gasteiger partial charge in [0.25, 0.3) is 0 Å². The fourth-order valence-electron chi connectivity index (χ4n) is 2.78. The van der Waals surface area contributed by atoms with Crippen LogP contribution in [0.15, 0.2) is 16.5 Å². The van der Waals surface area contributed by atoms with E-state index in [1.54, 1.807) is 6.07 Å². The zero-order valence-electron chi connectivity index (χ0n) is 12.0. The molecule has 1 aromatic heterocycles. The maximum absolute atomic E-state index is 11.3. The van der Waals surface area contributed by atoms with E-state index in [1.807, 2.05) is 6.07 Å². The molecule has 0 aliphatic heterocycles. The number of nitrogens with one attached hydrogen (secondary N) is 1. The number of rotatable bonds is 4. The molecule has 0 saturated heterocycles. The molecule has 1 N–H and O–H groups in total. The van der Waals surface area contributed by atoms with Gasteiger partial charge in [0.1, 0.15) is 5.76 Å². The van der Waals surface area contributed by atoms with E-state index in [2.05, 4.69) is 23.9 Å². The van der Waals surface area contributed by atoms with Crippen molar-refractivity contribution in [1.29, 1.82) is 0 Å². The van der Waals surface area contributed by atoms with Crippen molar-refractivity contribution in [1.82, 2.24) is 5.32 Å². The quantitative estimate of drug-likeness (QED) is 0.850. The number of esters is 1. The first-order chi connectivity index (χ1) is 9.03. The zero-order valence-corrected chi connectivity index (χ0v) is 12.0. The van der Waals surface area contributed by atoms with Crippen LogP contribution >= 0.6 is 0 Å². The van der Waals surface area contributed by atoms with Crippen LogP contribution in [0, 0.1) is 5.41 Å². The summed E-state index contributed by atoms with van der Waals surface area (Å²) >= 11 is 0. The van der Waals surface area contributed by atoms with Crippen LogP contribution in [-0.2, 0) is 11.3 Å². The lowest BCUT2D eigenvalue weighted by atomic mass is 9.73. The normalized spacial score (nSPS) is 22.2. The Labute approximate surface area is 114 Å². The highest BCUT2D eigenvalue weighted by molar-refractivity contribution is 5.86. The Morgan fingerprint density at radius 3 is 2.95 bits per heavy atom. The summed E-state index contributed by atoms with van der Waals surface area (Å²) in [7, 11) is 1.35. The minimum atomic E-state index is -0.427. The summed E-state index contributed by atoms with van der Waals surface area (Å²) in [6.07, 6.45) is 5.07. The molecule has 2 rings (SSSR count). The lowest BCUT2D eigenvalue weighted by molar-refractivity contribution is 0.0562. The Balaban J connectivity index is 1.91. The summed E-state index contributed by atoms with van der Waals surface area (Å²) in [5, 5.41) is 3.55. The first kappa shape index (κ1) is 14.1. The van der Waals surface area contributed by atoms with Gasteiger partial charge in [0, 0.05) is 6.04 Å². The van der Waals surface area contributed by atoms with Crippen molar-refractivity contribution in [2.24, 2.45) is 5.41 Å².